The van der Waals surface area contributed by atoms with E-state index in [0.717, 1.165) is 30.6 Å². The molecule has 1 amide bonds. The quantitative estimate of drug-likeness (QED) is 0.674. The number of amides is 1. The van der Waals surface area contributed by atoms with Crippen LogP contribution in [0.2, 0.25) is 5.02 Å². The molecule has 23 heavy (non-hydrogen) atoms. The van der Waals surface area contributed by atoms with Gasteiger partial charge < -0.3 is 10.2 Å². The van der Waals surface area contributed by atoms with Crippen LogP contribution in [0.3, 0.4) is 0 Å². The van der Waals surface area contributed by atoms with Crippen LogP contribution in [-0.2, 0) is 4.79 Å². The van der Waals surface area contributed by atoms with E-state index in [2.05, 4.69) is 10.2 Å². The van der Waals surface area contributed by atoms with Gasteiger partial charge in [-0.15, -0.1) is 0 Å². The first-order valence-corrected chi connectivity index (χ1v) is 8.17. The Balaban J connectivity index is 2.18. The zero-order chi connectivity index (χ0) is 17.1. The standard InChI is InChI=1S/C16H22ClN3O3/c1-10(2)16(21)18-12-5-4-6-19(9-12)15-11(3)7-13(20(22)23)8-14(15)17/h7-8,10,12H,4-6,9H2,1-3H3,(H,18,21). The molecule has 1 fully saturated rings. The van der Waals surface area contributed by atoms with Gasteiger partial charge in [0.2, 0.25) is 5.91 Å². The summed E-state index contributed by atoms with van der Waals surface area (Å²) < 4.78 is 0. The van der Waals surface area contributed by atoms with Crippen molar-refractivity contribution in [2.75, 3.05) is 18.0 Å². The molecule has 1 aromatic rings. The molecular formula is C16H22ClN3O3. The number of non-ortho nitro benzene ring substituents is 1. The Hall–Kier alpha value is -1.82. The third-order valence-corrected chi connectivity index (χ3v) is 4.35. The molecule has 0 aliphatic carbocycles. The van der Waals surface area contributed by atoms with Crippen LogP contribution in [0.1, 0.15) is 32.3 Å². The van der Waals surface area contributed by atoms with E-state index in [1.54, 1.807) is 0 Å². The van der Waals surface area contributed by atoms with Crippen LogP contribution < -0.4 is 10.2 Å². The molecule has 1 heterocycles. The summed E-state index contributed by atoms with van der Waals surface area (Å²) in [6.45, 7) is 7.05. The number of nitro benzene ring substituents is 1. The fraction of sp³-hybridized carbons (Fsp3) is 0.562. The number of halogens is 1. The van der Waals surface area contributed by atoms with E-state index in [1.807, 2.05) is 20.8 Å². The summed E-state index contributed by atoms with van der Waals surface area (Å²) >= 11 is 6.28. The number of piperidine rings is 1. The van der Waals surface area contributed by atoms with E-state index in [1.165, 1.54) is 12.1 Å². The minimum absolute atomic E-state index is 0.00193. The predicted octanol–water partition coefficient (Wildman–Crippen LogP) is 3.30. The Bertz CT molecular complexity index is 596. The first-order valence-electron chi connectivity index (χ1n) is 7.79. The number of nitro groups is 1. The number of aryl methyl sites for hydroxylation is 1. The van der Waals surface area contributed by atoms with E-state index in [4.69, 9.17) is 11.6 Å². The molecule has 2 rings (SSSR count). The van der Waals surface area contributed by atoms with Gasteiger partial charge in [0.25, 0.3) is 5.69 Å². The second kappa shape index (κ2) is 7.17. The molecule has 0 spiro atoms. The van der Waals surface area contributed by atoms with Crippen LogP contribution in [0, 0.1) is 23.0 Å². The van der Waals surface area contributed by atoms with Crippen molar-refractivity contribution in [3.05, 3.63) is 32.8 Å². The molecule has 0 saturated carbocycles. The van der Waals surface area contributed by atoms with Crippen LogP contribution in [0.15, 0.2) is 12.1 Å². The summed E-state index contributed by atoms with van der Waals surface area (Å²) in [5, 5.41) is 14.4. The van der Waals surface area contributed by atoms with Gasteiger partial charge in [-0.2, -0.15) is 0 Å². The predicted molar refractivity (Wildman–Crippen MR) is 91.1 cm³/mol. The van der Waals surface area contributed by atoms with Gasteiger partial charge >= 0.3 is 0 Å². The van der Waals surface area contributed by atoms with Crippen molar-refractivity contribution in [1.29, 1.82) is 0 Å². The average Bonchev–Trinajstić information content (AvgIpc) is 2.46. The molecule has 1 unspecified atom stereocenters. The smallest absolute Gasteiger partial charge is 0.271 e. The second-order valence-electron chi connectivity index (χ2n) is 6.30. The minimum atomic E-state index is -0.440. The third kappa shape index (κ3) is 4.13. The van der Waals surface area contributed by atoms with Gasteiger partial charge in [-0.3, -0.25) is 14.9 Å². The molecule has 7 heteroatoms. The average molecular weight is 340 g/mol. The molecule has 1 N–H and O–H groups in total. The van der Waals surface area contributed by atoms with E-state index in [9.17, 15) is 14.9 Å². The Labute approximate surface area is 141 Å². The topological polar surface area (TPSA) is 75.5 Å². The number of rotatable bonds is 4. The van der Waals surface area contributed by atoms with Gasteiger partial charge in [-0.25, -0.2) is 0 Å². The van der Waals surface area contributed by atoms with Crippen LogP contribution in [-0.4, -0.2) is 30.0 Å². The highest BCUT2D eigenvalue weighted by Crippen LogP contribution is 2.35. The lowest BCUT2D eigenvalue weighted by atomic mass is 10.0. The maximum absolute atomic E-state index is 11.9. The van der Waals surface area contributed by atoms with E-state index in [0.29, 0.717) is 11.6 Å². The SMILES string of the molecule is Cc1cc([N+](=O)[O-])cc(Cl)c1N1CCCC(NC(=O)C(C)C)C1. The zero-order valence-electron chi connectivity index (χ0n) is 13.6. The Morgan fingerprint density at radius 3 is 2.74 bits per heavy atom. The zero-order valence-corrected chi connectivity index (χ0v) is 14.4. The van der Waals surface area contributed by atoms with Gasteiger partial charge in [0.1, 0.15) is 0 Å². The van der Waals surface area contributed by atoms with Crippen molar-refractivity contribution < 1.29 is 9.72 Å². The summed E-state index contributed by atoms with van der Waals surface area (Å²) in [6, 6.07) is 3.00. The lowest BCUT2D eigenvalue weighted by Crippen LogP contribution is -2.49. The molecule has 1 saturated heterocycles. The Morgan fingerprint density at radius 1 is 1.48 bits per heavy atom. The molecule has 0 bridgehead atoms. The number of hydrogen-bond acceptors (Lipinski definition) is 4. The van der Waals surface area contributed by atoms with Crippen LogP contribution in [0.4, 0.5) is 11.4 Å². The fourth-order valence-electron chi connectivity index (χ4n) is 2.89. The summed E-state index contributed by atoms with van der Waals surface area (Å²) in [6.07, 6.45) is 1.87. The van der Waals surface area contributed by atoms with Crippen molar-refractivity contribution in [1.82, 2.24) is 5.32 Å². The van der Waals surface area contributed by atoms with Gasteiger partial charge in [-0.1, -0.05) is 25.4 Å². The number of anilines is 1. The highest BCUT2D eigenvalue weighted by molar-refractivity contribution is 6.33. The second-order valence-corrected chi connectivity index (χ2v) is 6.71. The molecule has 0 radical (unpaired) electrons. The van der Waals surface area contributed by atoms with E-state index < -0.39 is 4.92 Å². The first-order chi connectivity index (χ1) is 10.8. The summed E-state index contributed by atoms with van der Waals surface area (Å²) in [5.41, 5.74) is 1.60. The number of hydrogen-bond donors (Lipinski definition) is 1. The van der Waals surface area contributed by atoms with Gasteiger partial charge in [0.15, 0.2) is 0 Å². The van der Waals surface area contributed by atoms with Crippen molar-refractivity contribution in [3.8, 4) is 0 Å². The lowest BCUT2D eigenvalue weighted by Gasteiger charge is -2.36. The highest BCUT2D eigenvalue weighted by atomic mass is 35.5. The maximum Gasteiger partial charge on any atom is 0.271 e. The molecule has 1 atom stereocenters. The molecule has 6 nitrogen and oxygen atoms in total. The van der Waals surface area contributed by atoms with Gasteiger partial charge in [0, 0.05) is 37.2 Å². The lowest BCUT2D eigenvalue weighted by molar-refractivity contribution is -0.384. The largest absolute Gasteiger partial charge is 0.368 e. The maximum atomic E-state index is 11.9. The van der Waals surface area contributed by atoms with Crippen LogP contribution >= 0.6 is 11.6 Å². The van der Waals surface area contributed by atoms with Gasteiger partial charge in [0.05, 0.1) is 15.6 Å². The van der Waals surface area contributed by atoms with Crippen LogP contribution in [0.25, 0.3) is 0 Å². The van der Waals surface area contributed by atoms with Crippen molar-refractivity contribution in [3.63, 3.8) is 0 Å². The molecule has 1 aliphatic rings. The summed E-state index contributed by atoms with van der Waals surface area (Å²) in [7, 11) is 0. The normalized spacial score (nSPS) is 18.1. The van der Waals surface area contributed by atoms with Crippen LogP contribution in [0.5, 0.6) is 0 Å². The molecule has 0 aromatic heterocycles. The molecular weight excluding hydrogens is 318 g/mol. The first kappa shape index (κ1) is 17.5. The van der Waals surface area contributed by atoms with E-state index >= 15 is 0 Å². The highest BCUT2D eigenvalue weighted by Gasteiger charge is 2.25. The summed E-state index contributed by atoms with van der Waals surface area (Å²) in [5.74, 6) is -0.00144. The Kier molecular flexibility index (Phi) is 5.46. The number of nitrogens with zero attached hydrogens (tertiary/aromatic N) is 2. The number of carbonyl (C=O) groups excluding carboxylic acids is 1. The number of benzene rings is 1. The fourth-order valence-corrected chi connectivity index (χ4v) is 3.27. The van der Waals surface area contributed by atoms with Crippen molar-refractivity contribution in [2.45, 2.75) is 39.7 Å². The van der Waals surface area contributed by atoms with Crippen molar-refractivity contribution >= 4 is 28.9 Å². The molecule has 1 aromatic carbocycles. The third-order valence-electron chi connectivity index (χ3n) is 4.06. The summed E-state index contributed by atoms with van der Waals surface area (Å²) in [4.78, 5) is 24.5. The number of nitrogens with one attached hydrogen (secondary N) is 1. The van der Waals surface area contributed by atoms with Gasteiger partial charge in [-0.05, 0) is 25.3 Å². The Morgan fingerprint density at radius 2 is 2.17 bits per heavy atom. The monoisotopic (exact) mass is 339 g/mol. The molecule has 126 valence electrons. The number of carbonyl (C=O) groups is 1. The van der Waals surface area contributed by atoms with E-state index in [-0.39, 0.29) is 23.6 Å². The molecule has 1 aliphatic heterocycles. The minimum Gasteiger partial charge on any atom is -0.368 e. The van der Waals surface area contributed by atoms with Crippen molar-refractivity contribution in [2.24, 2.45) is 5.92 Å².